The summed E-state index contributed by atoms with van der Waals surface area (Å²) in [4.78, 5) is 13.1. The Kier molecular flexibility index (Phi) is 4.55. The van der Waals surface area contributed by atoms with Gasteiger partial charge >= 0.3 is 5.97 Å². The molecule has 0 aromatic heterocycles. The van der Waals surface area contributed by atoms with Crippen LogP contribution in [0.25, 0.3) is 0 Å². The summed E-state index contributed by atoms with van der Waals surface area (Å²) in [5, 5.41) is -1.34. The molecule has 0 saturated carbocycles. The third-order valence-corrected chi connectivity index (χ3v) is 7.27. The van der Waals surface area contributed by atoms with Crippen molar-refractivity contribution in [2.75, 3.05) is 0 Å². The lowest BCUT2D eigenvalue weighted by Gasteiger charge is -2.32. The van der Waals surface area contributed by atoms with E-state index in [4.69, 9.17) is 4.74 Å². The van der Waals surface area contributed by atoms with Crippen LogP contribution in [0.15, 0.2) is 77.7 Å². The smallest absolute Gasteiger partial charge is 0.331 e. The fraction of sp³-hybridized carbons (Fsp3) is 0.174. The van der Waals surface area contributed by atoms with Crippen LogP contribution in [0.1, 0.15) is 28.2 Å². The Morgan fingerprint density at radius 3 is 2.07 bits per heavy atom. The minimum atomic E-state index is -3.96. The van der Waals surface area contributed by atoms with Crippen molar-refractivity contribution < 1.29 is 17.9 Å². The summed E-state index contributed by atoms with van der Waals surface area (Å²) in [6.07, 6.45) is 0. The largest absolute Gasteiger partial charge is 0.425 e. The van der Waals surface area contributed by atoms with E-state index in [1.807, 2.05) is 50.2 Å². The van der Waals surface area contributed by atoms with Crippen LogP contribution in [0, 0.1) is 13.8 Å². The fourth-order valence-electron chi connectivity index (χ4n) is 3.74. The quantitative estimate of drug-likeness (QED) is 0.495. The summed E-state index contributed by atoms with van der Waals surface area (Å²) >= 11 is 0. The van der Waals surface area contributed by atoms with Crippen molar-refractivity contribution in [3.05, 3.63) is 95.1 Å². The van der Waals surface area contributed by atoms with Gasteiger partial charge in [0.25, 0.3) is 0 Å². The topological polar surface area (TPSA) is 60.4 Å². The Labute approximate surface area is 164 Å². The fourth-order valence-corrected chi connectivity index (χ4v) is 5.50. The van der Waals surface area contributed by atoms with E-state index in [0.717, 1.165) is 16.7 Å². The molecule has 0 fully saturated rings. The third kappa shape index (κ3) is 3.02. The lowest BCUT2D eigenvalue weighted by molar-refractivity contribution is -0.135. The molecule has 0 saturated heterocycles. The van der Waals surface area contributed by atoms with Gasteiger partial charge in [-0.1, -0.05) is 60.2 Å². The summed E-state index contributed by atoms with van der Waals surface area (Å²) in [7, 11) is -3.96. The van der Waals surface area contributed by atoms with Crippen LogP contribution in [-0.2, 0) is 14.6 Å². The molecule has 1 heterocycles. The van der Waals surface area contributed by atoms with Gasteiger partial charge in [-0.05, 0) is 43.2 Å². The van der Waals surface area contributed by atoms with Gasteiger partial charge in [0.05, 0.1) is 4.90 Å². The minimum absolute atomic E-state index is 0.123. The molecule has 0 radical (unpaired) electrons. The summed E-state index contributed by atoms with van der Waals surface area (Å²) in [6.45, 7) is 3.81. The van der Waals surface area contributed by atoms with Gasteiger partial charge in [-0.25, -0.2) is 8.42 Å². The predicted octanol–water partition coefficient (Wildman–Crippen LogP) is 4.20. The molecule has 3 aromatic carbocycles. The van der Waals surface area contributed by atoms with Crippen molar-refractivity contribution in [3.8, 4) is 5.75 Å². The van der Waals surface area contributed by atoms with E-state index < -0.39 is 27.0 Å². The zero-order chi connectivity index (χ0) is 19.9. The number of carbonyl (C=O) groups is 1. The van der Waals surface area contributed by atoms with Gasteiger partial charge in [-0.2, -0.15) is 0 Å². The summed E-state index contributed by atoms with van der Waals surface area (Å²) < 4.78 is 32.5. The molecule has 5 heteroatoms. The summed E-state index contributed by atoms with van der Waals surface area (Å²) in [5.74, 6) is -0.964. The summed E-state index contributed by atoms with van der Waals surface area (Å²) in [6, 6.07) is 21.3. The van der Waals surface area contributed by atoms with Gasteiger partial charge in [0.2, 0.25) is 0 Å². The van der Waals surface area contributed by atoms with Gasteiger partial charge in [-0.3, -0.25) is 4.79 Å². The highest BCUT2D eigenvalue weighted by Gasteiger charge is 2.47. The van der Waals surface area contributed by atoms with Crippen LogP contribution < -0.4 is 4.74 Å². The van der Waals surface area contributed by atoms with Crippen LogP contribution in [0.2, 0.25) is 0 Å². The minimum Gasteiger partial charge on any atom is -0.425 e. The SMILES string of the molecule is Cc1ccc(S(=O)(=O)C2C(=O)Oc3ccccc3C2c2ccccc2C)cc1. The second-order valence-corrected chi connectivity index (χ2v) is 9.14. The number of hydrogen-bond acceptors (Lipinski definition) is 4. The highest BCUT2D eigenvalue weighted by atomic mass is 32.2. The van der Waals surface area contributed by atoms with Crippen molar-refractivity contribution in [1.29, 1.82) is 0 Å². The Bertz CT molecular complexity index is 1150. The number of ether oxygens (including phenoxy) is 1. The molecule has 3 aromatic rings. The number of sulfone groups is 1. The van der Waals surface area contributed by atoms with Crippen molar-refractivity contribution in [3.63, 3.8) is 0 Å². The van der Waals surface area contributed by atoms with Crippen molar-refractivity contribution in [1.82, 2.24) is 0 Å². The van der Waals surface area contributed by atoms with E-state index >= 15 is 0 Å². The second-order valence-electron chi connectivity index (χ2n) is 7.07. The van der Waals surface area contributed by atoms with Crippen LogP contribution in [-0.4, -0.2) is 19.6 Å². The molecule has 1 aliphatic rings. The molecule has 2 unspecified atom stereocenters. The molecular weight excluding hydrogens is 372 g/mol. The number of fused-ring (bicyclic) bond motifs is 1. The lowest BCUT2D eigenvalue weighted by atomic mass is 9.84. The molecule has 2 atom stereocenters. The molecule has 4 rings (SSSR count). The van der Waals surface area contributed by atoms with Gasteiger partial charge in [0, 0.05) is 11.5 Å². The number of hydrogen-bond donors (Lipinski definition) is 0. The number of carbonyl (C=O) groups excluding carboxylic acids is 1. The van der Waals surface area contributed by atoms with Crippen molar-refractivity contribution in [2.24, 2.45) is 0 Å². The Hall–Kier alpha value is -2.92. The van der Waals surface area contributed by atoms with Crippen LogP contribution in [0.5, 0.6) is 5.75 Å². The molecular formula is C23H20O4S. The maximum absolute atomic E-state index is 13.5. The first-order valence-corrected chi connectivity index (χ1v) is 10.6. The molecule has 1 aliphatic heterocycles. The first-order valence-electron chi connectivity index (χ1n) is 9.06. The molecule has 4 nitrogen and oxygen atoms in total. The van der Waals surface area contributed by atoms with E-state index in [9.17, 15) is 13.2 Å². The Morgan fingerprint density at radius 1 is 0.786 bits per heavy atom. The van der Waals surface area contributed by atoms with Gasteiger partial charge in [0.1, 0.15) is 5.75 Å². The van der Waals surface area contributed by atoms with Gasteiger partial charge in [-0.15, -0.1) is 0 Å². The molecule has 0 N–H and O–H groups in total. The van der Waals surface area contributed by atoms with Crippen LogP contribution in [0.3, 0.4) is 0 Å². The van der Waals surface area contributed by atoms with E-state index in [2.05, 4.69) is 0 Å². The lowest BCUT2D eigenvalue weighted by Crippen LogP contribution is -2.43. The first-order chi connectivity index (χ1) is 13.4. The number of aryl methyl sites for hydroxylation is 2. The number of esters is 1. The second kappa shape index (κ2) is 6.91. The van der Waals surface area contributed by atoms with E-state index in [1.165, 1.54) is 0 Å². The Morgan fingerprint density at radius 2 is 1.39 bits per heavy atom. The average molecular weight is 392 g/mol. The first kappa shape index (κ1) is 18.4. The number of para-hydroxylation sites is 1. The number of rotatable bonds is 3. The zero-order valence-corrected chi connectivity index (χ0v) is 16.4. The van der Waals surface area contributed by atoms with Crippen LogP contribution >= 0.6 is 0 Å². The molecule has 0 amide bonds. The molecule has 142 valence electrons. The maximum atomic E-state index is 13.5. The Balaban J connectivity index is 1.95. The molecule has 0 spiro atoms. The van der Waals surface area contributed by atoms with Crippen molar-refractivity contribution in [2.45, 2.75) is 29.9 Å². The van der Waals surface area contributed by atoms with E-state index in [0.29, 0.717) is 11.3 Å². The van der Waals surface area contributed by atoms with E-state index in [1.54, 1.807) is 36.4 Å². The predicted molar refractivity (Wildman–Crippen MR) is 107 cm³/mol. The standard InChI is InChI=1S/C23H20O4S/c1-15-11-13-17(14-12-15)28(25,26)22-21(18-8-4-3-7-16(18)2)19-9-5-6-10-20(19)27-23(22)24/h3-14,21-22H,1-2H3. The summed E-state index contributed by atoms with van der Waals surface area (Å²) in [5.41, 5.74) is 3.40. The van der Waals surface area contributed by atoms with E-state index in [-0.39, 0.29) is 4.90 Å². The zero-order valence-electron chi connectivity index (χ0n) is 15.6. The molecule has 0 bridgehead atoms. The normalized spacial score (nSPS) is 19.0. The van der Waals surface area contributed by atoms with Gasteiger partial charge in [0.15, 0.2) is 15.1 Å². The van der Waals surface area contributed by atoms with Crippen LogP contribution in [0.4, 0.5) is 0 Å². The average Bonchev–Trinajstić information content (AvgIpc) is 2.67. The molecule has 0 aliphatic carbocycles. The van der Waals surface area contributed by atoms with Gasteiger partial charge < -0.3 is 4.74 Å². The van der Waals surface area contributed by atoms with Crippen molar-refractivity contribution >= 4 is 15.8 Å². The monoisotopic (exact) mass is 392 g/mol. The highest BCUT2D eigenvalue weighted by Crippen LogP contribution is 2.43. The molecule has 28 heavy (non-hydrogen) atoms. The number of benzene rings is 3. The highest BCUT2D eigenvalue weighted by molar-refractivity contribution is 7.92. The third-order valence-electron chi connectivity index (χ3n) is 5.21. The maximum Gasteiger partial charge on any atom is 0.331 e.